The van der Waals surface area contributed by atoms with E-state index in [0.29, 0.717) is 12.1 Å². The smallest absolute Gasteiger partial charge is 0.346 e. The minimum atomic E-state index is -0.498. The van der Waals surface area contributed by atoms with E-state index in [2.05, 4.69) is 4.99 Å². The minimum Gasteiger partial charge on any atom is -0.385 e. The van der Waals surface area contributed by atoms with Crippen molar-refractivity contribution >= 4 is 23.5 Å². The number of hydrogen-bond donors (Lipinski definition) is 1. The van der Waals surface area contributed by atoms with Crippen LogP contribution >= 0.6 is 11.6 Å². The van der Waals surface area contributed by atoms with Gasteiger partial charge in [-0.3, -0.25) is 0 Å². The van der Waals surface area contributed by atoms with Gasteiger partial charge in [0, 0.05) is 6.54 Å². The lowest BCUT2D eigenvalue weighted by molar-refractivity contribution is 0.206. The fourth-order valence-corrected chi connectivity index (χ4v) is 2.19. The van der Waals surface area contributed by atoms with Gasteiger partial charge in [0.1, 0.15) is 17.7 Å². The molecule has 6 heteroatoms. The normalized spacial score (nSPS) is 19.3. The Bertz CT molecular complexity index is 518. The molecule has 0 bridgehead atoms. The van der Waals surface area contributed by atoms with Gasteiger partial charge in [-0.05, 0) is 24.1 Å². The summed E-state index contributed by atoms with van der Waals surface area (Å²) in [6.07, 6.45) is 0.792. The van der Waals surface area contributed by atoms with Gasteiger partial charge in [0.2, 0.25) is 0 Å². The summed E-state index contributed by atoms with van der Waals surface area (Å²) >= 11 is 5.74. The monoisotopic (exact) mass is 269 g/mol. The maximum Gasteiger partial charge on any atom is 0.346 e. The van der Waals surface area contributed by atoms with Crippen molar-refractivity contribution in [2.75, 3.05) is 6.54 Å². The van der Waals surface area contributed by atoms with Gasteiger partial charge in [0.15, 0.2) is 0 Å². The van der Waals surface area contributed by atoms with Crippen LogP contribution in [0.25, 0.3) is 0 Å². The van der Waals surface area contributed by atoms with Crippen molar-refractivity contribution in [3.63, 3.8) is 0 Å². The van der Waals surface area contributed by atoms with Crippen molar-refractivity contribution in [1.82, 2.24) is 4.90 Å². The van der Waals surface area contributed by atoms with Gasteiger partial charge >= 0.3 is 6.03 Å². The van der Waals surface area contributed by atoms with Crippen LogP contribution in [-0.4, -0.2) is 23.3 Å². The SMILES string of the molecule is CCCN1C(=O)N=C(N)C1c1ccc(F)c(Cl)c1. The quantitative estimate of drug-likeness (QED) is 0.917. The van der Waals surface area contributed by atoms with E-state index in [1.54, 1.807) is 11.0 Å². The number of aliphatic imine (C=N–C) groups is 1. The molecule has 1 heterocycles. The topological polar surface area (TPSA) is 58.7 Å². The molecule has 2 N–H and O–H groups in total. The molecule has 0 aliphatic carbocycles. The molecule has 18 heavy (non-hydrogen) atoms. The van der Waals surface area contributed by atoms with Gasteiger partial charge in [0.05, 0.1) is 5.02 Å². The molecule has 1 aromatic rings. The fraction of sp³-hybridized carbons (Fsp3) is 0.333. The van der Waals surface area contributed by atoms with E-state index < -0.39 is 11.9 Å². The lowest BCUT2D eigenvalue weighted by Crippen LogP contribution is -2.33. The lowest BCUT2D eigenvalue weighted by atomic mass is 10.1. The van der Waals surface area contributed by atoms with E-state index in [4.69, 9.17) is 17.3 Å². The molecule has 1 atom stereocenters. The van der Waals surface area contributed by atoms with Crippen LogP contribution in [0.3, 0.4) is 0 Å². The van der Waals surface area contributed by atoms with Gasteiger partial charge < -0.3 is 10.6 Å². The van der Waals surface area contributed by atoms with Crippen LogP contribution in [0.1, 0.15) is 24.9 Å². The molecule has 0 fully saturated rings. The zero-order valence-corrected chi connectivity index (χ0v) is 10.6. The molecule has 0 spiro atoms. The fourth-order valence-electron chi connectivity index (χ4n) is 2.00. The van der Waals surface area contributed by atoms with Crippen molar-refractivity contribution in [2.24, 2.45) is 10.7 Å². The largest absolute Gasteiger partial charge is 0.385 e. The van der Waals surface area contributed by atoms with Crippen LogP contribution in [0.4, 0.5) is 9.18 Å². The highest BCUT2D eigenvalue weighted by molar-refractivity contribution is 6.30. The third-order valence-electron chi connectivity index (χ3n) is 2.79. The average Bonchev–Trinajstić information content (AvgIpc) is 2.59. The highest BCUT2D eigenvalue weighted by Gasteiger charge is 2.34. The number of benzene rings is 1. The highest BCUT2D eigenvalue weighted by Crippen LogP contribution is 2.29. The van der Waals surface area contributed by atoms with Gasteiger partial charge in [-0.2, -0.15) is 4.99 Å². The summed E-state index contributed by atoms with van der Waals surface area (Å²) in [4.78, 5) is 17.0. The molecule has 0 saturated carbocycles. The van der Waals surface area contributed by atoms with Gasteiger partial charge in [-0.25, -0.2) is 9.18 Å². The Labute approximate surface area is 109 Å². The van der Waals surface area contributed by atoms with Crippen molar-refractivity contribution in [3.05, 3.63) is 34.6 Å². The minimum absolute atomic E-state index is 0.0103. The molecule has 0 saturated heterocycles. The lowest BCUT2D eigenvalue weighted by Gasteiger charge is -2.24. The molecule has 1 unspecified atom stereocenters. The predicted octanol–water partition coefficient (Wildman–Crippen LogP) is 2.72. The van der Waals surface area contributed by atoms with Crippen molar-refractivity contribution in [1.29, 1.82) is 0 Å². The number of amidine groups is 1. The van der Waals surface area contributed by atoms with E-state index in [-0.39, 0.29) is 16.9 Å². The number of carbonyl (C=O) groups excluding carboxylic acids is 1. The van der Waals surface area contributed by atoms with E-state index in [9.17, 15) is 9.18 Å². The summed E-state index contributed by atoms with van der Waals surface area (Å²) < 4.78 is 13.1. The molecular formula is C12H13ClFN3O. The molecule has 1 aliphatic heterocycles. The Hall–Kier alpha value is -1.62. The summed E-state index contributed by atoms with van der Waals surface area (Å²) in [6.45, 7) is 2.50. The van der Waals surface area contributed by atoms with Crippen molar-refractivity contribution in [3.8, 4) is 0 Å². The third kappa shape index (κ3) is 2.18. The summed E-state index contributed by atoms with van der Waals surface area (Å²) in [6, 6.07) is 3.49. The first kappa shape index (κ1) is 12.8. The van der Waals surface area contributed by atoms with Gasteiger partial charge in [0.25, 0.3) is 0 Å². The first-order valence-corrected chi connectivity index (χ1v) is 6.02. The van der Waals surface area contributed by atoms with Crippen LogP contribution in [-0.2, 0) is 0 Å². The van der Waals surface area contributed by atoms with E-state index in [1.807, 2.05) is 6.92 Å². The molecular weight excluding hydrogens is 257 g/mol. The molecule has 1 aliphatic rings. The van der Waals surface area contributed by atoms with Crippen LogP contribution in [0.5, 0.6) is 0 Å². The first-order chi connectivity index (χ1) is 8.54. The second-order valence-electron chi connectivity index (χ2n) is 4.09. The predicted molar refractivity (Wildman–Crippen MR) is 68.2 cm³/mol. The third-order valence-corrected chi connectivity index (χ3v) is 3.08. The molecule has 96 valence electrons. The van der Waals surface area contributed by atoms with Crippen LogP contribution in [0, 0.1) is 5.82 Å². The zero-order valence-electron chi connectivity index (χ0n) is 9.86. The Morgan fingerprint density at radius 3 is 2.89 bits per heavy atom. The van der Waals surface area contributed by atoms with E-state index >= 15 is 0 Å². The highest BCUT2D eigenvalue weighted by atomic mass is 35.5. The van der Waals surface area contributed by atoms with Crippen LogP contribution in [0.15, 0.2) is 23.2 Å². The van der Waals surface area contributed by atoms with Crippen molar-refractivity contribution < 1.29 is 9.18 Å². The second-order valence-corrected chi connectivity index (χ2v) is 4.50. The van der Waals surface area contributed by atoms with Crippen LogP contribution < -0.4 is 5.73 Å². The Kier molecular flexibility index (Phi) is 3.52. The molecule has 0 radical (unpaired) electrons. The summed E-state index contributed by atoms with van der Waals surface area (Å²) in [5, 5.41) is 0.0103. The standard InChI is InChI=1S/C12H13ClFN3O/c1-2-5-17-10(11(15)16-12(17)18)7-3-4-9(14)8(13)6-7/h3-4,6,10H,2,5H2,1H3,(H2,15,16,18). The number of amides is 2. The van der Waals surface area contributed by atoms with E-state index in [1.165, 1.54) is 12.1 Å². The average molecular weight is 270 g/mol. The summed E-state index contributed by atoms with van der Waals surface area (Å²) in [7, 11) is 0. The maximum absolute atomic E-state index is 13.1. The first-order valence-electron chi connectivity index (χ1n) is 5.64. The number of urea groups is 1. The van der Waals surface area contributed by atoms with Gasteiger partial charge in [-0.15, -0.1) is 0 Å². The Morgan fingerprint density at radius 2 is 2.28 bits per heavy atom. The Balaban J connectivity index is 2.37. The number of nitrogens with two attached hydrogens (primary N) is 1. The molecule has 2 rings (SSSR count). The van der Waals surface area contributed by atoms with E-state index in [0.717, 1.165) is 6.42 Å². The Morgan fingerprint density at radius 1 is 1.56 bits per heavy atom. The number of carbonyl (C=O) groups is 1. The zero-order chi connectivity index (χ0) is 13.3. The molecule has 0 aromatic heterocycles. The van der Waals surface area contributed by atoms with Crippen molar-refractivity contribution in [2.45, 2.75) is 19.4 Å². The summed E-state index contributed by atoms with van der Waals surface area (Å²) in [5.74, 6) is -0.279. The van der Waals surface area contributed by atoms with Crippen LogP contribution in [0.2, 0.25) is 5.02 Å². The number of rotatable bonds is 3. The number of nitrogens with zero attached hydrogens (tertiary/aromatic N) is 2. The molecule has 2 amide bonds. The summed E-state index contributed by atoms with van der Waals surface area (Å²) in [5.41, 5.74) is 6.43. The van der Waals surface area contributed by atoms with Gasteiger partial charge in [-0.1, -0.05) is 24.6 Å². The second kappa shape index (κ2) is 4.94. The number of hydrogen-bond acceptors (Lipinski definition) is 2. The molecule has 1 aromatic carbocycles. The maximum atomic E-state index is 13.1. The molecule has 4 nitrogen and oxygen atoms in total. The number of halogens is 2.